The van der Waals surface area contributed by atoms with Gasteiger partial charge in [0.2, 0.25) is 0 Å². The third-order valence-electron chi connectivity index (χ3n) is 9.77. The topological polar surface area (TPSA) is 9.86 Å². The molecule has 0 unspecified atom stereocenters. The minimum absolute atomic E-state index is 1.12. The van der Waals surface area contributed by atoms with Crippen molar-refractivity contribution < 1.29 is 0 Å². The second kappa shape index (κ2) is 11.7. The summed E-state index contributed by atoms with van der Waals surface area (Å²) in [7, 11) is 0. The number of rotatable bonds is 6. The Morgan fingerprint density at radius 1 is 0.469 bits per heavy atom. The molecule has 0 N–H and O–H groups in total. The molecule has 0 aliphatic heterocycles. The zero-order chi connectivity index (χ0) is 32.9. The highest BCUT2D eigenvalue weighted by molar-refractivity contribution is 6.24. The first-order valence-corrected chi connectivity index (χ1v) is 16.8. The number of aromatic nitrogens is 2. The van der Waals surface area contributed by atoms with E-state index in [4.69, 9.17) is 0 Å². The molecule has 2 heterocycles. The van der Waals surface area contributed by atoms with E-state index >= 15 is 0 Å². The Bertz CT molecular complexity index is 2740. The van der Waals surface area contributed by atoms with Gasteiger partial charge in [0.25, 0.3) is 0 Å². The largest absolute Gasteiger partial charge is 0.309 e. The quantitative estimate of drug-likeness (QED) is 0.174. The Labute approximate surface area is 286 Å². The molecule has 2 heteroatoms. The van der Waals surface area contributed by atoms with Gasteiger partial charge in [-0.05, 0) is 94.6 Å². The molecular weight excluding hydrogens is 593 g/mol. The minimum Gasteiger partial charge on any atom is -0.309 e. The molecule has 2 aromatic heterocycles. The maximum absolute atomic E-state index is 4.37. The number of hydrogen-bond acceptors (Lipinski definition) is 0. The van der Waals surface area contributed by atoms with E-state index in [-0.39, 0.29) is 0 Å². The van der Waals surface area contributed by atoms with E-state index in [1.807, 2.05) is 6.08 Å². The van der Waals surface area contributed by atoms with Crippen molar-refractivity contribution >= 4 is 55.6 Å². The van der Waals surface area contributed by atoms with Crippen LogP contribution in [0.15, 0.2) is 170 Å². The summed E-state index contributed by atoms with van der Waals surface area (Å²) >= 11 is 0. The second-order valence-corrected chi connectivity index (χ2v) is 12.6. The predicted molar refractivity (Wildman–Crippen MR) is 211 cm³/mol. The monoisotopic (exact) mass is 626 g/mol. The average molecular weight is 627 g/mol. The SMILES string of the molecule is C=Cc1c(/C=C\C)n(-c2cccc(-c3cccc(-c4ccccc4)c3)c2)c2ccc3c(c4ccccc4n3-c3ccc4ccccc4c3)c12. The van der Waals surface area contributed by atoms with E-state index in [2.05, 4.69) is 193 Å². The van der Waals surface area contributed by atoms with Gasteiger partial charge < -0.3 is 9.13 Å². The smallest absolute Gasteiger partial charge is 0.0548 e. The first kappa shape index (κ1) is 28.8. The molecule has 0 aliphatic rings. The van der Waals surface area contributed by atoms with Crippen molar-refractivity contribution in [1.82, 2.24) is 9.13 Å². The Morgan fingerprint density at radius 3 is 1.90 bits per heavy atom. The van der Waals surface area contributed by atoms with E-state index < -0.39 is 0 Å². The van der Waals surface area contributed by atoms with Crippen LogP contribution in [0.3, 0.4) is 0 Å². The van der Waals surface area contributed by atoms with Crippen LogP contribution in [0.2, 0.25) is 0 Å². The van der Waals surface area contributed by atoms with Gasteiger partial charge in [-0.1, -0.05) is 128 Å². The predicted octanol–water partition coefficient (Wildman–Crippen LogP) is 12.9. The van der Waals surface area contributed by atoms with Crippen molar-refractivity contribution in [1.29, 1.82) is 0 Å². The first-order valence-electron chi connectivity index (χ1n) is 16.8. The van der Waals surface area contributed by atoms with E-state index in [0.717, 1.165) is 28.1 Å². The lowest BCUT2D eigenvalue weighted by Crippen LogP contribution is -1.98. The summed E-state index contributed by atoms with van der Waals surface area (Å²) in [5, 5.41) is 6.16. The molecule has 232 valence electrons. The maximum Gasteiger partial charge on any atom is 0.0548 e. The number of para-hydroxylation sites is 1. The number of hydrogen-bond donors (Lipinski definition) is 0. The highest BCUT2D eigenvalue weighted by atomic mass is 15.0. The highest BCUT2D eigenvalue weighted by Gasteiger charge is 2.22. The summed E-state index contributed by atoms with van der Waals surface area (Å²) in [5.41, 5.74) is 12.9. The normalized spacial score (nSPS) is 11.8. The summed E-state index contributed by atoms with van der Waals surface area (Å²) in [5.74, 6) is 0. The number of fused-ring (bicyclic) bond motifs is 6. The van der Waals surface area contributed by atoms with Gasteiger partial charge in [-0.15, -0.1) is 0 Å². The lowest BCUT2D eigenvalue weighted by molar-refractivity contribution is 1.10. The molecule has 0 radical (unpaired) electrons. The van der Waals surface area contributed by atoms with Crippen molar-refractivity contribution in [2.24, 2.45) is 0 Å². The lowest BCUT2D eigenvalue weighted by Gasteiger charge is -2.13. The summed E-state index contributed by atoms with van der Waals surface area (Å²) in [6, 6.07) is 57.0. The fraction of sp³-hybridized carbons (Fsp3) is 0.0213. The lowest BCUT2D eigenvalue weighted by atomic mass is 9.99. The zero-order valence-electron chi connectivity index (χ0n) is 27.3. The van der Waals surface area contributed by atoms with Crippen molar-refractivity contribution in [2.45, 2.75) is 6.92 Å². The standard InChI is InChI=1S/C47H34N2/c1-3-14-42-40(4-2)46-44(48(42)38-22-13-21-37(31-38)35-20-12-19-34(29-35)32-15-6-5-7-16-32)27-28-45-47(46)41-23-10-11-24-43(41)49(45)39-26-25-33-17-8-9-18-36(33)30-39/h3-31H,2H2,1H3/b14-3-. The van der Waals surface area contributed by atoms with Crippen LogP contribution in [-0.4, -0.2) is 9.13 Å². The zero-order valence-corrected chi connectivity index (χ0v) is 27.3. The van der Waals surface area contributed by atoms with Gasteiger partial charge >= 0.3 is 0 Å². The van der Waals surface area contributed by atoms with Gasteiger partial charge in [0.1, 0.15) is 0 Å². The fourth-order valence-electron chi connectivity index (χ4n) is 7.62. The van der Waals surface area contributed by atoms with Crippen LogP contribution in [0.4, 0.5) is 0 Å². The van der Waals surface area contributed by atoms with Crippen LogP contribution in [0.1, 0.15) is 18.2 Å². The van der Waals surface area contributed by atoms with E-state index in [1.54, 1.807) is 0 Å². The van der Waals surface area contributed by atoms with Crippen LogP contribution >= 0.6 is 0 Å². The van der Waals surface area contributed by atoms with Crippen LogP contribution in [0, 0.1) is 0 Å². The Morgan fingerprint density at radius 2 is 1.10 bits per heavy atom. The van der Waals surface area contributed by atoms with E-state index in [0.29, 0.717) is 0 Å². The molecule has 0 spiro atoms. The molecule has 0 saturated heterocycles. The van der Waals surface area contributed by atoms with E-state index in [1.165, 1.54) is 60.2 Å². The fourth-order valence-corrected chi connectivity index (χ4v) is 7.62. The van der Waals surface area contributed by atoms with Gasteiger partial charge in [-0.25, -0.2) is 0 Å². The summed E-state index contributed by atoms with van der Waals surface area (Å²) in [4.78, 5) is 0. The van der Waals surface area contributed by atoms with Gasteiger partial charge in [-0.2, -0.15) is 0 Å². The minimum atomic E-state index is 1.12. The first-order chi connectivity index (χ1) is 24.2. The van der Waals surface area contributed by atoms with Crippen LogP contribution in [0.25, 0.3) is 89.3 Å². The van der Waals surface area contributed by atoms with Crippen LogP contribution < -0.4 is 0 Å². The summed E-state index contributed by atoms with van der Waals surface area (Å²) in [6.07, 6.45) is 6.37. The molecule has 0 amide bonds. The van der Waals surface area contributed by atoms with Crippen LogP contribution in [-0.2, 0) is 0 Å². The molecule has 2 nitrogen and oxygen atoms in total. The molecule has 0 fully saturated rings. The second-order valence-electron chi connectivity index (χ2n) is 12.6. The van der Waals surface area contributed by atoms with E-state index in [9.17, 15) is 0 Å². The summed E-state index contributed by atoms with van der Waals surface area (Å²) in [6.45, 7) is 6.45. The molecule has 7 aromatic carbocycles. The molecule has 0 aliphatic carbocycles. The molecule has 0 bridgehead atoms. The average Bonchev–Trinajstić information content (AvgIpc) is 3.67. The highest BCUT2D eigenvalue weighted by Crippen LogP contribution is 2.42. The Hall–Kier alpha value is -6.38. The maximum atomic E-state index is 4.37. The molecule has 9 rings (SSSR count). The molecule has 0 saturated carbocycles. The molecule has 9 aromatic rings. The third kappa shape index (κ3) is 4.64. The van der Waals surface area contributed by atoms with Gasteiger partial charge in [0, 0.05) is 33.1 Å². The number of allylic oxidation sites excluding steroid dienone is 1. The van der Waals surface area contributed by atoms with Crippen molar-refractivity contribution in [3.63, 3.8) is 0 Å². The van der Waals surface area contributed by atoms with Gasteiger partial charge in [0.15, 0.2) is 0 Å². The van der Waals surface area contributed by atoms with Crippen molar-refractivity contribution in [3.8, 4) is 33.6 Å². The summed E-state index contributed by atoms with van der Waals surface area (Å²) < 4.78 is 4.81. The molecular formula is C47H34N2. The van der Waals surface area contributed by atoms with Crippen molar-refractivity contribution in [3.05, 3.63) is 182 Å². The Balaban J connectivity index is 1.30. The van der Waals surface area contributed by atoms with Crippen LogP contribution in [0.5, 0.6) is 0 Å². The number of nitrogens with zero attached hydrogens (tertiary/aromatic N) is 2. The third-order valence-corrected chi connectivity index (χ3v) is 9.77. The molecule has 49 heavy (non-hydrogen) atoms. The number of benzene rings is 7. The Kier molecular flexibility index (Phi) is 6.88. The van der Waals surface area contributed by atoms with Gasteiger partial charge in [0.05, 0.1) is 22.2 Å². The van der Waals surface area contributed by atoms with Gasteiger partial charge in [-0.3, -0.25) is 0 Å². The molecule has 0 atom stereocenters. The van der Waals surface area contributed by atoms with Crippen molar-refractivity contribution in [2.75, 3.05) is 0 Å².